The number of nitrogens with zero attached hydrogens (tertiary/aromatic N) is 3. The van der Waals surface area contributed by atoms with Gasteiger partial charge < -0.3 is 9.64 Å². The van der Waals surface area contributed by atoms with E-state index >= 15 is 0 Å². The number of rotatable bonds is 5. The molecule has 6 nitrogen and oxygen atoms in total. The van der Waals surface area contributed by atoms with Gasteiger partial charge in [-0.1, -0.05) is 33.1 Å². The maximum atomic E-state index is 13.2. The normalized spacial score (nSPS) is 23.0. The number of esters is 1. The molecule has 1 aliphatic heterocycles. The molecule has 2 aliphatic carbocycles. The van der Waals surface area contributed by atoms with Gasteiger partial charge in [-0.3, -0.25) is 9.48 Å². The van der Waals surface area contributed by atoms with Crippen molar-refractivity contribution in [3.63, 3.8) is 0 Å². The zero-order chi connectivity index (χ0) is 19.9. The molecule has 28 heavy (non-hydrogen) atoms. The molecule has 0 aromatic carbocycles. The van der Waals surface area contributed by atoms with Crippen LogP contribution >= 0.6 is 0 Å². The lowest BCUT2D eigenvalue weighted by Gasteiger charge is -2.30. The molecule has 1 aromatic heterocycles. The lowest BCUT2D eigenvalue weighted by atomic mass is 9.84. The van der Waals surface area contributed by atoms with Crippen LogP contribution in [-0.2, 0) is 29.0 Å². The Bertz CT molecular complexity index is 761. The molecule has 154 valence electrons. The van der Waals surface area contributed by atoms with Crippen LogP contribution in [0.4, 0.5) is 0 Å². The molecule has 4 rings (SSSR count). The first kappa shape index (κ1) is 19.5. The van der Waals surface area contributed by atoms with Gasteiger partial charge in [0, 0.05) is 43.2 Å². The third-order valence-corrected chi connectivity index (χ3v) is 6.79. The second kappa shape index (κ2) is 7.53. The van der Waals surface area contributed by atoms with Crippen molar-refractivity contribution in [1.82, 2.24) is 14.7 Å². The number of amides is 1. The Kier molecular flexibility index (Phi) is 5.23. The van der Waals surface area contributed by atoms with E-state index in [1.165, 1.54) is 32.1 Å². The lowest BCUT2D eigenvalue weighted by Crippen LogP contribution is -2.39. The van der Waals surface area contributed by atoms with E-state index in [1.807, 2.05) is 16.5 Å². The molecule has 0 radical (unpaired) electrons. The monoisotopic (exact) mass is 387 g/mol. The fourth-order valence-electron chi connectivity index (χ4n) is 5.26. The summed E-state index contributed by atoms with van der Waals surface area (Å²) in [7, 11) is 0. The van der Waals surface area contributed by atoms with Gasteiger partial charge in [-0.15, -0.1) is 0 Å². The first-order valence-electron chi connectivity index (χ1n) is 11.0. The Hall–Kier alpha value is -1.85. The average molecular weight is 388 g/mol. The summed E-state index contributed by atoms with van der Waals surface area (Å²) in [5.74, 6) is 0.562. The molecule has 6 heteroatoms. The van der Waals surface area contributed by atoms with Crippen molar-refractivity contribution in [1.29, 1.82) is 0 Å². The van der Waals surface area contributed by atoms with Crippen LogP contribution in [0.25, 0.3) is 0 Å². The number of carbonyl (C=O) groups is 2. The van der Waals surface area contributed by atoms with Crippen LogP contribution < -0.4 is 0 Å². The van der Waals surface area contributed by atoms with E-state index < -0.39 is 0 Å². The minimum Gasteiger partial charge on any atom is -0.461 e. The average Bonchev–Trinajstić information content (AvgIpc) is 3.24. The molecular weight excluding hydrogens is 354 g/mol. The number of ether oxygens (including phenoxy) is 1. The minimum atomic E-state index is -0.370. The van der Waals surface area contributed by atoms with E-state index in [0.717, 1.165) is 37.2 Å². The van der Waals surface area contributed by atoms with Crippen LogP contribution in [0.1, 0.15) is 81.0 Å². The van der Waals surface area contributed by atoms with Crippen LogP contribution in [0.2, 0.25) is 0 Å². The third kappa shape index (κ3) is 3.46. The van der Waals surface area contributed by atoms with Gasteiger partial charge in [0.2, 0.25) is 5.91 Å². The summed E-state index contributed by atoms with van der Waals surface area (Å²) in [6.45, 7) is 8.43. The zero-order valence-corrected chi connectivity index (χ0v) is 17.5. The van der Waals surface area contributed by atoms with Gasteiger partial charge in [0.05, 0.1) is 6.61 Å². The molecule has 0 bridgehead atoms. The summed E-state index contributed by atoms with van der Waals surface area (Å²) < 4.78 is 7.21. The Morgan fingerprint density at radius 2 is 2.00 bits per heavy atom. The van der Waals surface area contributed by atoms with Crippen LogP contribution in [0, 0.1) is 17.3 Å². The largest absolute Gasteiger partial charge is 0.461 e. The molecule has 0 unspecified atom stereocenters. The van der Waals surface area contributed by atoms with Crippen LogP contribution in [0.5, 0.6) is 0 Å². The Morgan fingerprint density at radius 3 is 2.68 bits per heavy atom. The second-order valence-electron chi connectivity index (χ2n) is 9.26. The predicted octanol–water partition coefficient (Wildman–Crippen LogP) is 3.57. The topological polar surface area (TPSA) is 64.4 Å². The number of hydrogen-bond donors (Lipinski definition) is 0. The molecule has 1 aromatic rings. The highest BCUT2D eigenvalue weighted by atomic mass is 16.5. The summed E-state index contributed by atoms with van der Waals surface area (Å²) in [5.41, 5.74) is 2.70. The molecule has 2 fully saturated rings. The van der Waals surface area contributed by atoms with Gasteiger partial charge in [0.1, 0.15) is 0 Å². The van der Waals surface area contributed by atoms with E-state index in [1.54, 1.807) is 0 Å². The van der Waals surface area contributed by atoms with Crippen molar-refractivity contribution in [2.24, 2.45) is 17.3 Å². The number of aromatic nitrogens is 2. The number of fused-ring (bicyclic) bond motifs is 1. The van der Waals surface area contributed by atoms with Crippen molar-refractivity contribution < 1.29 is 14.3 Å². The highest BCUT2D eigenvalue weighted by Gasteiger charge is 2.58. The quantitative estimate of drug-likeness (QED) is 0.725. The smallest absolute Gasteiger partial charge is 0.359 e. The maximum Gasteiger partial charge on any atom is 0.359 e. The fraction of sp³-hybridized carbons (Fsp3) is 0.773. The standard InChI is InChI=1S/C22H33N3O3/c1-4-28-21(27)19-16-14-24(11-8-18(16)25(23-19)13-15(2)3)20(26)17-12-22(17)9-6-5-7-10-22/h15,17H,4-14H2,1-3H3/t17-/m0/s1. The molecule has 3 aliphatic rings. The predicted molar refractivity (Wildman–Crippen MR) is 106 cm³/mol. The Morgan fingerprint density at radius 1 is 1.25 bits per heavy atom. The SMILES string of the molecule is CCOC(=O)c1nn(CC(C)C)c2c1CN(C(=O)[C@@H]1CC13CCCCC3)CC2. The highest BCUT2D eigenvalue weighted by Crippen LogP contribution is 2.62. The van der Waals surface area contributed by atoms with E-state index in [-0.39, 0.29) is 11.9 Å². The van der Waals surface area contributed by atoms with E-state index in [0.29, 0.717) is 36.1 Å². The van der Waals surface area contributed by atoms with E-state index in [4.69, 9.17) is 4.74 Å². The minimum absolute atomic E-state index is 0.200. The van der Waals surface area contributed by atoms with Crippen molar-refractivity contribution in [2.75, 3.05) is 13.2 Å². The summed E-state index contributed by atoms with van der Waals surface area (Å²) in [6, 6.07) is 0. The van der Waals surface area contributed by atoms with Crippen molar-refractivity contribution >= 4 is 11.9 Å². The van der Waals surface area contributed by atoms with E-state index in [9.17, 15) is 9.59 Å². The second-order valence-corrected chi connectivity index (χ2v) is 9.26. The molecule has 2 heterocycles. The van der Waals surface area contributed by atoms with Gasteiger partial charge in [-0.2, -0.15) is 5.10 Å². The molecule has 1 atom stereocenters. The summed E-state index contributed by atoms with van der Waals surface area (Å²) >= 11 is 0. The van der Waals surface area contributed by atoms with Gasteiger partial charge >= 0.3 is 5.97 Å². The van der Waals surface area contributed by atoms with Crippen LogP contribution in [-0.4, -0.2) is 39.7 Å². The fourth-order valence-corrected chi connectivity index (χ4v) is 5.26. The molecule has 0 N–H and O–H groups in total. The first-order chi connectivity index (χ1) is 13.4. The van der Waals surface area contributed by atoms with Crippen LogP contribution in [0.3, 0.4) is 0 Å². The molecular formula is C22H33N3O3. The zero-order valence-electron chi connectivity index (χ0n) is 17.5. The van der Waals surface area contributed by atoms with Crippen molar-refractivity contribution in [2.45, 2.75) is 78.8 Å². The molecule has 0 saturated heterocycles. The summed E-state index contributed by atoms with van der Waals surface area (Å²) in [4.78, 5) is 27.7. The summed E-state index contributed by atoms with van der Waals surface area (Å²) in [5, 5.41) is 4.59. The molecule has 1 spiro atoms. The maximum absolute atomic E-state index is 13.2. The lowest BCUT2D eigenvalue weighted by molar-refractivity contribution is -0.134. The number of carbonyl (C=O) groups excluding carboxylic acids is 2. The Balaban J connectivity index is 1.54. The van der Waals surface area contributed by atoms with Gasteiger partial charge in [-0.05, 0) is 37.5 Å². The third-order valence-electron chi connectivity index (χ3n) is 6.79. The van der Waals surface area contributed by atoms with Crippen molar-refractivity contribution in [3.8, 4) is 0 Å². The molecule has 2 saturated carbocycles. The molecule has 1 amide bonds. The number of hydrogen-bond acceptors (Lipinski definition) is 4. The van der Waals surface area contributed by atoms with Crippen molar-refractivity contribution in [3.05, 3.63) is 17.0 Å². The first-order valence-corrected chi connectivity index (χ1v) is 11.0. The van der Waals surface area contributed by atoms with Gasteiger partial charge in [0.25, 0.3) is 0 Å². The highest BCUT2D eigenvalue weighted by molar-refractivity contribution is 5.90. The van der Waals surface area contributed by atoms with Gasteiger partial charge in [0.15, 0.2) is 5.69 Å². The van der Waals surface area contributed by atoms with E-state index in [2.05, 4.69) is 18.9 Å². The summed E-state index contributed by atoms with van der Waals surface area (Å²) in [6.07, 6.45) is 8.09. The van der Waals surface area contributed by atoms with Crippen LogP contribution in [0.15, 0.2) is 0 Å². The Labute approximate surface area is 167 Å². The van der Waals surface area contributed by atoms with Gasteiger partial charge in [-0.25, -0.2) is 4.79 Å².